The summed E-state index contributed by atoms with van der Waals surface area (Å²) >= 11 is 0. The van der Waals surface area contributed by atoms with Crippen LogP contribution in [0.2, 0.25) is 0 Å². The summed E-state index contributed by atoms with van der Waals surface area (Å²) in [4.78, 5) is 24.8. The van der Waals surface area contributed by atoms with E-state index in [1.807, 2.05) is 0 Å². The van der Waals surface area contributed by atoms with Gasteiger partial charge in [0, 0.05) is 0 Å². The summed E-state index contributed by atoms with van der Waals surface area (Å²) < 4.78 is 0. The fourth-order valence-corrected chi connectivity index (χ4v) is 0. The molecule has 18 heteroatoms. The summed E-state index contributed by atoms with van der Waals surface area (Å²) in [5.74, 6) is 0. The summed E-state index contributed by atoms with van der Waals surface area (Å²) in [7, 11) is 0. The van der Waals surface area contributed by atoms with Gasteiger partial charge in [0.15, 0.2) is 0 Å². The van der Waals surface area contributed by atoms with E-state index in [9.17, 15) is 0 Å². The molecule has 0 aromatic rings. The number of rotatable bonds is 0. The van der Waals surface area contributed by atoms with E-state index in [0.29, 0.717) is 0 Å². The molecular weight excluding hydrogens is 322 g/mol. The molecule has 0 aliphatic carbocycles. The van der Waals surface area contributed by atoms with Crippen molar-refractivity contribution in [2.24, 2.45) is 0 Å². The zero-order valence-corrected chi connectivity index (χ0v) is 8.97. The third-order valence-corrected chi connectivity index (χ3v) is 0. The second kappa shape index (κ2) is 60.4. The van der Waals surface area contributed by atoms with Crippen LogP contribution in [0.1, 0.15) is 0 Å². The normalized spacial score (nSPS) is 4.00. The Hall–Kier alpha value is -2.08. The zero-order chi connectivity index (χ0) is 10.7. The fraction of sp³-hybridized carbons (Fsp3) is 0. The quantitative estimate of drug-likeness (QED) is 0.232. The van der Waals surface area contributed by atoms with Gasteiger partial charge in [0.05, 0.1) is 15.3 Å². The first-order chi connectivity index (χ1) is 5.20. The fourth-order valence-electron chi connectivity index (χ4n) is 0. The van der Waals surface area contributed by atoms with Crippen LogP contribution in [0.25, 0.3) is 0 Å². The van der Waals surface area contributed by atoms with Crippen molar-refractivity contribution in [3.05, 3.63) is 46.0 Å². The van der Waals surface area contributed by atoms with Crippen LogP contribution in [0, 0.1) is 46.0 Å². The van der Waals surface area contributed by atoms with Gasteiger partial charge < -0.3 is 73.3 Å². The minimum atomic E-state index is -1.75. The Morgan fingerprint density at radius 2 is 0.444 bits per heavy atom. The van der Waals surface area contributed by atoms with Gasteiger partial charge in [-0.1, -0.05) is 0 Å². The molecule has 0 aliphatic heterocycles. The zero-order valence-electron chi connectivity index (χ0n) is 7.87. The molecule has 0 amide bonds. The third-order valence-electron chi connectivity index (χ3n) is 0. The molecule has 0 aromatic heterocycles. The summed E-state index contributed by atoms with van der Waals surface area (Å²) in [6.45, 7) is 0. The molecule has 0 heterocycles. The minimum Gasteiger partial charge on any atom is -0.412 e. The van der Waals surface area contributed by atoms with Crippen LogP contribution in [0.4, 0.5) is 0 Å². The number of hydrogen-bond acceptors (Lipinski definition) is 9. The van der Waals surface area contributed by atoms with Crippen molar-refractivity contribution in [3.63, 3.8) is 0 Å². The maximum Gasteiger partial charge on any atom is 3.00 e. The van der Waals surface area contributed by atoms with Crippen LogP contribution in [-0.4, -0.2) is 42.6 Å². The summed E-state index contributed by atoms with van der Waals surface area (Å²) in [6, 6.07) is 0. The Bertz CT molecular complexity index is 115. The molecule has 0 aliphatic rings. The Morgan fingerprint density at radius 3 is 0.444 bits per heavy atom. The van der Waals surface area contributed by atoms with Crippen molar-refractivity contribution in [1.29, 1.82) is 0 Å². The Balaban J connectivity index is -0.00000000827. The SMILES string of the molecule is O.O.O.O.O.O=[N+]([O-])[O-].O=[N+]([O-])[O-].O=[N+]([O-])[O-].[Fe+3]. The third kappa shape index (κ3) is 537. The Labute approximate surface area is 107 Å². The molecule has 18 heavy (non-hydrogen) atoms. The van der Waals surface area contributed by atoms with Gasteiger partial charge in [-0.05, 0) is 0 Å². The summed E-state index contributed by atoms with van der Waals surface area (Å²) in [5.41, 5.74) is 0. The second-order valence-corrected chi connectivity index (χ2v) is 0.671. The molecule has 0 saturated carbocycles. The van der Waals surface area contributed by atoms with Crippen LogP contribution in [0.15, 0.2) is 0 Å². The van der Waals surface area contributed by atoms with Crippen molar-refractivity contribution in [2.45, 2.75) is 0 Å². The molecule has 117 valence electrons. The smallest absolute Gasteiger partial charge is 0.412 e. The van der Waals surface area contributed by atoms with E-state index < -0.39 is 15.3 Å². The van der Waals surface area contributed by atoms with Crippen molar-refractivity contribution >= 4 is 0 Å². The first kappa shape index (κ1) is 74.0. The van der Waals surface area contributed by atoms with Crippen LogP contribution in [0.3, 0.4) is 0 Å². The van der Waals surface area contributed by atoms with Gasteiger partial charge in [0.1, 0.15) is 0 Å². The molecule has 17 nitrogen and oxygen atoms in total. The molecule has 0 spiro atoms. The number of nitrogens with zero attached hydrogens (tertiary/aromatic N) is 3. The molecule has 0 aromatic carbocycles. The second-order valence-electron chi connectivity index (χ2n) is 0.671. The molecule has 0 bridgehead atoms. The van der Waals surface area contributed by atoms with E-state index >= 15 is 0 Å². The van der Waals surface area contributed by atoms with Crippen LogP contribution in [0.5, 0.6) is 0 Å². The summed E-state index contributed by atoms with van der Waals surface area (Å²) in [5, 5.41) is 44.2. The van der Waals surface area contributed by atoms with Crippen LogP contribution in [-0.2, 0) is 17.1 Å². The monoisotopic (exact) mass is 332 g/mol. The van der Waals surface area contributed by atoms with Crippen molar-refractivity contribution < 1.29 is 59.7 Å². The van der Waals surface area contributed by atoms with E-state index in [4.69, 9.17) is 46.0 Å². The topological polar surface area (TPSA) is 356 Å². The molecule has 0 saturated heterocycles. The summed E-state index contributed by atoms with van der Waals surface area (Å²) in [6.07, 6.45) is 0. The van der Waals surface area contributed by atoms with E-state index in [1.165, 1.54) is 0 Å². The van der Waals surface area contributed by atoms with Gasteiger partial charge in [-0.2, -0.15) is 0 Å². The van der Waals surface area contributed by atoms with E-state index in [0.717, 1.165) is 0 Å². The van der Waals surface area contributed by atoms with Crippen LogP contribution < -0.4 is 0 Å². The van der Waals surface area contributed by atoms with Crippen molar-refractivity contribution in [3.8, 4) is 0 Å². The van der Waals surface area contributed by atoms with Crippen molar-refractivity contribution in [2.75, 3.05) is 0 Å². The molecule has 0 rings (SSSR count). The first-order valence-electron chi connectivity index (χ1n) is 1.64. The maximum absolute atomic E-state index is 8.25. The number of hydrogen-bond donors (Lipinski definition) is 0. The van der Waals surface area contributed by atoms with Crippen molar-refractivity contribution in [1.82, 2.24) is 0 Å². The molecule has 1 radical (unpaired) electrons. The van der Waals surface area contributed by atoms with Gasteiger partial charge in [-0.3, -0.25) is 0 Å². The average molecular weight is 332 g/mol. The van der Waals surface area contributed by atoms with Gasteiger partial charge in [-0.25, -0.2) is 0 Å². The minimum absolute atomic E-state index is 0. The predicted octanol–water partition coefficient (Wildman–Crippen LogP) is -4.84. The Morgan fingerprint density at radius 1 is 0.444 bits per heavy atom. The van der Waals surface area contributed by atoms with Gasteiger partial charge in [0.2, 0.25) is 0 Å². The molecule has 0 fully saturated rings. The van der Waals surface area contributed by atoms with E-state index in [1.54, 1.807) is 0 Å². The van der Waals surface area contributed by atoms with E-state index in [-0.39, 0.29) is 44.4 Å². The van der Waals surface area contributed by atoms with Crippen LogP contribution >= 0.6 is 0 Å². The maximum atomic E-state index is 8.25. The molecule has 10 N–H and O–H groups in total. The first-order valence-corrected chi connectivity index (χ1v) is 1.64. The Kier molecular flexibility index (Phi) is 248. The largest absolute Gasteiger partial charge is 3.00 e. The van der Waals surface area contributed by atoms with Gasteiger partial charge >= 0.3 is 17.1 Å². The van der Waals surface area contributed by atoms with Gasteiger partial charge in [0.25, 0.3) is 0 Å². The standard InChI is InChI=1S/Fe.3NO3.5H2O/c;3*2-1(3)4;;;;;/h;;;;5*1H2/q+3;3*-1;;;;;. The average Bonchev–Trinajstić information content (AvgIpc) is 1.54. The molecule has 0 atom stereocenters. The van der Waals surface area contributed by atoms with Gasteiger partial charge in [-0.15, -0.1) is 0 Å². The van der Waals surface area contributed by atoms with E-state index in [2.05, 4.69) is 0 Å². The molecular formula is H10FeN3O14. The predicted molar refractivity (Wildman–Crippen MR) is 49.2 cm³/mol. The molecule has 0 unspecified atom stereocenters.